The van der Waals surface area contributed by atoms with Gasteiger partial charge in [-0.1, -0.05) is 6.07 Å². The van der Waals surface area contributed by atoms with E-state index in [1.807, 2.05) is 26.0 Å². The molecule has 0 saturated carbocycles. The Kier molecular flexibility index (Phi) is 3.45. The van der Waals surface area contributed by atoms with Crippen LogP contribution in [0.15, 0.2) is 23.1 Å². The van der Waals surface area contributed by atoms with Crippen molar-refractivity contribution in [3.05, 3.63) is 23.8 Å². The molecule has 1 unspecified atom stereocenters. The molecule has 1 rings (SSSR count). The lowest BCUT2D eigenvalue weighted by Gasteiger charge is -2.08. The van der Waals surface area contributed by atoms with Crippen LogP contribution in [0.1, 0.15) is 12.5 Å². The molecule has 0 aliphatic carbocycles. The smallest absolute Gasteiger partial charge is 0.188 e. The van der Waals surface area contributed by atoms with Crippen LogP contribution in [-0.2, 0) is 11.1 Å². The molecular formula is C9H13NO2S. The Labute approximate surface area is 80.5 Å². The van der Waals surface area contributed by atoms with E-state index in [2.05, 4.69) is 5.32 Å². The standard InChI is InChI=1S/C9H13NO2S/c1-3-10-8-6-7(2)4-5-9(8)13(11)12/h4-6,10H,3H2,1-2H3,(H,11,12). The maximum Gasteiger partial charge on any atom is 0.188 e. The number of rotatable bonds is 3. The molecule has 0 aliphatic heterocycles. The molecule has 0 amide bonds. The average molecular weight is 199 g/mol. The summed E-state index contributed by atoms with van der Waals surface area (Å²) in [7, 11) is 0. The maximum atomic E-state index is 10.9. The largest absolute Gasteiger partial charge is 0.384 e. The second-order valence-corrected chi connectivity index (χ2v) is 3.72. The molecule has 0 fully saturated rings. The van der Waals surface area contributed by atoms with Crippen LogP contribution in [0, 0.1) is 6.92 Å². The van der Waals surface area contributed by atoms with Crippen molar-refractivity contribution in [1.82, 2.24) is 0 Å². The number of anilines is 1. The lowest BCUT2D eigenvalue weighted by Crippen LogP contribution is -2.02. The Morgan fingerprint density at radius 3 is 2.77 bits per heavy atom. The van der Waals surface area contributed by atoms with E-state index in [-0.39, 0.29) is 0 Å². The molecule has 0 bridgehead atoms. The molecule has 0 saturated heterocycles. The van der Waals surface area contributed by atoms with Crippen LogP contribution >= 0.6 is 0 Å². The highest BCUT2D eigenvalue weighted by molar-refractivity contribution is 7.79. The SMILES string of the molecule is CCNc1cc(C)ccc1S(=O)O. The topological polar surface area (TPSA) is 49.3 Å². The highest BCUT2D eigenvalue weighted by Gasteiger charge is 2.06. The first-order valence-electron chi connectivity index (χ1n) is 4.10. The Hall–Kier alpha value is -0.870. The van der Waals surface area contributed by atoms with Gasteiger partial charge >= 0.3 is 0 Å². The zero-order valence-corrected chi connectivity index (χ0v) is 8.52. The fraction of sp³-hybridized carbons (Fsp3) is 0.333. The molecule has 1 aromatic carbocycles. The Bertz CT molecular complexity index is 325. The minimum Gasteiger partial charge on any atom is -0.384 e. The summed E-state index contributed by atoms with van der Waals surface area (Å²) in [4.78, 5) is 0.437. The minimum atomic E-state index is -1.91. The van der Waals surface area contributed by atoms with Crippen LogP contribution < -0.4 is 5.32 Å². The highest BCUT2D eigenvalue weighted by Crippen LogP contribution is 2.19. The fourth-order valence-electron chi connectivity index (χ4n) is 1.12. The summed E-state index contributed by atoms with van der Waals surface area (Å²) in [6, 6.07) is 5.36. The van der Waals surface area contributed by atoms with Crippen LogP contribution in [0.3, 0.4) is 0 Å². The van der Waals surface area contributed by atoms with Crippen molar-refractivity contribution in [2.24, 2.45) is 0 Å². The first-order chi connectivity index (χ1) is 6.15. The van der Waals surface area contributed by atoms with Crippen LogP contribution in [0.25, 0.3) is 0 Å². The van der Waals surface area contributed by atoms with E-state index >= 15 is 0 Å². The van der Waals surface area contributed by atoms with E-state index in [1.54, 1.807) is 6.07 Å². The predicted octanol–water partition coefficient (Wildman–Crippen LogP) is 2.01. The van der Waals surface area contributed by atoms with E-state index in [0.29, 0.717) is 4.90 Å². The molecule has 0 spiro atoms. The maximum absolute atomic E-state index is 10.9. The van der Waals surface area contributed by atoms with Gasteiger partial charge in [0.1, 0.15) is 0 Å². The molecule has 13 heavy (non-hydrogen) atoms. The van der Waals surface area contributed by atoms with Crippen molar-refractivity contribution in [3.8, 4) is 0 Å². The van der Waals surface area contributed by atoms with E-state index in [9.17, 15) is 4.21 Å². The van der Waals surface area contributed by atoms with Crippen molar-refractivity contribution in [3.63, 3.8) is 0 Å². The van der Waals surface area contributed by atoms with Gasteiger partial charge in [-0.2, -0.15) is 0 Å². The molecule has 1 aromatic rings. The van der Waals surface area contributed by atoms with E-state index in [0.717, 1.165) is 17.8 Å². The first kappa shape index (κ1) is 10.2. The molecule has 0 radical (unpaired) electrons. The summed E-state index contributed by atoms with van der Waals surface area (Å²) in [5.41, 5.74) is 1.81. The van der Waals surface area contributed by atoms with Crippen molar-refractivity contribution >= 4 is 16.8 Å². The molecule has 1 atom stereocenters. The average Bonchev–Trinajstić information content (AvgIpc) is 2.04. The number of nitrogens with one attached hydrogen (secondary N) is 1. The Balaban J connectivity index is 3.10. The van der Waals surface area contributed by atoms with Gasteiger partial charge in [0.25, 0.3) is 0 Å². The van der Waals surface area contributed by atoms with E-state index in [1.165, 1.54) is 0 Å². The van der Waals surface area contributed by atoms with Gasteiger partial charge < -0.3 is 9.87 Å². The lowest BCUT2D eigenvalue weighted by atomic mass is 10.2. The third-order valence-electron chi connectivity index (χ3n) is 1.69. The van der Waals surface area contributed by atoms with Crippen LogP contribution in [0.4, 0.5) is 5.69 Å². The van der Waals surface area contributed by atoms with E-state index in [4.69, 9.17) is 4.55 Å². The molecule has 0 heterocycles. The predicted molar refractivity (Wildman–Crippen MR) is 54.4 cm³/mol. The summed E-state index contributed by atoms with van der Waals surface area (Å²) >= 11 is -1.91. The molecular weight excluding hydrogens is 186 g/mol. The molecule has 2 N–H and O–H groups in total. The molecule has 4 heteroatoms. The zero-order chi connectivity index (χ0) is 9.84. The lowest BCUT2D eigenvalue weighted by molar-refractivity contribution is 0.564. The van der Waals surface area contributed by atoms with Gasteiger partial charge in [0.2, 0.25) is 0 Å². The first-order valence-corrected chi connectivity index (χ1v) is 5.21. The zero-order valence-electron chi connectivity index (χ0n) is 7.70. The van der Waals surface area contributed by atoms with Gasteiger partial charge in [0, 0.05) is 6.54 Å². The minimum absolute atomic E-state index is 0.437. The number of aryl methyl sites for hydroxylation is 1. The van der Waals surface area contributed by atoms with E-state index < -0.39 is 11.1 Å². The Morgan fingerprint density at radius 1 is 1.54 bits per heavy atom. The third-order valence-corrected chi connectivity index (χ3v) is 2.42. The Morgan fingerprint density at radius 2 is 2.23 bits per heavy atom. The molecule has 0 aliphatic rings. The summed E-state index contributed by atoms with van der Waals surface area (Å²) in [5, 5.41) is 3.05. The number of hydrogen-bond donors (Lipinski definition) is 2. The fourth-order valence-corrected chi connectivity index (χ4v) is 1.63. The normalized spacial score (nSPS) is 12.5. The summed E-state index contributed by atoms with van der Waals surface area (Å²) in [5.74, 6) is 0. The molecule has 3 nitrogen and oxygen atoms in total. The van der Waals surface area contributed by atoms with Gasteiger partial charge in [0.05, 0.1) is 10.6 Å². The van der Waals surface area contributed by atoms with Gasteiger partial charge in [-0.3, -0.25) is 0 Å². The van der Waals surface area contributed by atoms with Crippen LogP contribution in [-0.4, -0.2) is 15.3 Å². The van der Waals surface area contributed by atoms with Crippen molar-refractivity contribution in [1.29, 1.82) is 0 Å². The second-order valence-electron chi connectivity index (χ2n) is 2.78. The highest BCUT2D eigenvalue weighted by atomic mass is 32.2. The van der Waals surface area contributed by atoms with Crippen molar-refractivity contribution < 1.29 is 8.76 Å². The van der Waals surface area contributed by atoms with Crippen molar-refractivity contribution in [2.45, 2.75) is 18.7 Å². The van der Waals surface area contributed by atoms with Gasteiger partial charge in [-0.15, -0.1) is 0 Å². The number of benzene rings is 1. The van der Waals surface area contributed by atoms with Gasteiger partial charge in [-0.25, -0.2) is 4.21 Å². The number of hydrogen-bond acceptors (Lipinski definition) is 2. The van der Waals surface area contributed by atoms with Crippen LogP contribution in [0.5, 0.6) is 0 Å². The summed E-state index contributed by atoms with van der Waals surface area (Å²) in [6.07, 6.45) is 0. The quantitative estimate of drug-likeness (QED) is 0.732. The third kappa shape index (κ3) is 2.54. The van der Waals surface area contributed by atoms with Crippen molar-refractivity contribution in [2.75, 3.05) is 11.9 Å². The summed E-state index contributed by atoms with van der Waals surface area (Å²) < 4.78 is 19.8. The second kappa shape index (κ2) is 4.39. The molecule has 0 aromatic heterocycles. The summed E-state index contributed by atoms with van der Waals surface area (Å²) in [6.45, 7) is 4.64. The van der Waals surface area contributed by atoms with Crippen LogP contribution in [0.2, 0.25) is 0 Å². The van der Waals surface area contributed by atoms with Gasteiger partial charge in [-0.05, 0) is 31.5 Å². The van der Waals surface area contributed by atoms with Gasteiger partial charge in [0.15, 0.2) is 11.1 Å². The molecule has 72 valence electrons. The monoisotopic (exact) mass is 199 g/mol.